The van der Waals surface area contributed by atoms with Gasteiger partial charge in [0.25, 0.3) is 0 Å². The van der Waals surface area contributed by atoms with Gasteiger partial charge in [-0.2, -0.15) is 4.98 Å². The van der Waals surface area contributed by atoms with Crippen molar-refractivity contribution in [1.82, 2.24) is 19.9 Å². The van der Waals surface area contributed by atoms with Crippen molar-refractivity contribution in [2.24, 2.45) is 10.7 Å². The van der Waals surface area contributed by atoms with E-state index in [1.807, 2.05) is 6.07 Å². The number of anilines is 2. The molecular weight excluding hydrogens is 471 g/mol. The summed E-state index contributed by atoms with van der Waals surface area (Å²) in [5.74, 6) is -1.27. The van der Waals surface area contributed by atoms with Crippen molar-refractivity contribution in [3.8, 4) is 11.1 Å². The quantitative estimate of drug-likeness (QED) is 0.306. The molecule has 3 aromatic heterocycles. The lowest BCUT2D eigenvalue weighted by Gasteiger charge is -2.10. The largest absolute Gasteiger partial charge is 0.366 e. The minimum absolute atomic E-state index is 0.0524. The van der Waals surface area contributed by atoms with Gasteiger partial charge in [-0.25, -0.2) is 14.4 Å². The zero-order chi connectivity index (χ0) is 24.8. The maximum Gasteiger partial charge on any atom is 0.250 e. The van der Waals surface area contributed by atoms with Gasteiger partial charge in [-0.05, 0) is 36.4 Å². The molecule has 174 valence electrons. The van der Waals surface area contributed by atoms with Crippen LogP contribution in [0.1, 0.15) is 22.0 Å². The molecule has 3 heterocycles. The second-order valence-corrected chi connectivity index (χ2v) is 7.64. The zero-order valence-corrected chi connectivity index (χ0v) is 18.8. The Hall–Kier alpha value is -4.57. The first-order valence-corrected chi connectivity index (χ1v) is 10.6. The predicted octanol–water partition coefficient (Wildman–Crippen LogP) is 4.70. The normalized spacial score (nSPS) is 11.8. The van der Waals surface area contributed by atoms with Crippen LogP contribution in [-0.4, -0.2) is 38.3 Å². The lowest BCUT2D eigenvalue weighted by atomic mass is 10.1. The van der Waals surface area contributed by atoms with Gasteiger partial charge in [0.15, 0.2) is 5.82 Å². The number of aromatic nitrogens is 4. The fourth-order valence-electron chi connectivity index (χ4n) is 3.09. The van der Waals surface area contributed by atoms with E-state index in [0.717, 1.165) is 0 Å². The highest BCUT2D eigenvalue weighted by atomic mass is 35.5. The van der Waals surface area contributed by atoms with Crippen LogP contribution in [0.5, 0.6) is 0 Å². The third kappa shape index (κ3) is 5.68. The first-order chi connectivity index (χ1) is 16.9. The smallest absolute Gasteiger partial charge is 0.250 e. The van der Waals surface area contributed by atoms with Crippen LogP contribution in [-0.2, 0) is 0 Å². The van der Waals surface area contributed by atoms with E-state index in [9.17, 15) is 9.18 Å². The van der Waals surface area contributed by atoms with Crippen molar-refractivity contribution in [1.29, 1.82) is 5.41 Å². The molecule has 1 amide bonds. The molecule has 35 heavy (non-hydrogen) atoms. The Kier molecular flexibility index (Phi) is 7.12. The molecule has 0 aliphatic carbocycles. The second kappa shape index (κ2) is 10.6. The summed E-state index contributed by atoms with van der Waals surface area (Å²) in [6.45, 7) is 0. The fourth-order valence-corrected chi connectivity index (χ4v) is 3.27. The molecule has 0 saturated heterocycles. The van der Waals surface area contributed by atoms with Gasteiger partial charge in [0, 0.05) is 54.0 Å². The molecule has 0 bridgehead atoms. The van der Waals surface area contributed by atoms with Crippen molar-refractivity contribution in [2.75, 3.05) is 5.32 Å². The van der Waals surface area contributed by atoms with Gasteiger partial charge in [-0.3, -0.25) is 14.8 Å². The van der Waals surface area contributed by atoms with E-state index in [2.05, 4.69) is 30.2 Å². The summed E-state index contributed by atoms with van der Waals surface area (Å²) >= 11 is 5.86. The number of aliphatic imine (C=N–C) groups is 1. The van der Waals surface area contributed by atoms with Crippen LogP contribution in [0.2, 0.25) is 5.02 Å². The van der Waals surface area contributed by atoms with Gasteiger partial charge in [0.1, 0.15) is 5.82 Å². The molecule has 1 unspecified atom stereocenters. The monoisotopic (exact) mass is 488 g/mol. The number of amides is 1. The van der Waals surface area contributed by atoms with E-state index in [-0.39, 0.29) is 22.4 Å². The number of hydrogen-bond donors (Lipinski definition) is 3. The SMILES string of the molecule is N=CC(C=Nc1nc(Nc2ccc(F)c(Cl)c2)ncc1-c1cncc(C(N)=O)c1)c1ccccn1. The van der Waals surface area contributed by atoms with Crippen LogP contribution in [0.25, 0.3) is 11.1 Å². The summed E-state index contributed by atoms with van der Waals surface area (Å²) in [7, 11) is 0. The molecular formula is C24H18ClFN8O. The summed E-state index contributed by atoms with van der Waals surface area (Å²) in [6.07, 6.45) is 8.77. The van der Waals surface area contributed by atoms with Crippen molar-refractivity contribution in [3.05, 3.63) is 89.3 Å². The maximum atomic E-state index is 13.5. The van der Waals surface area contributed by atoms with Crippen molar-refractivity contribution in [3.63, 3.8) is 0 Å². The molecule has 1 atom stereocenters. The van der Waals surface area contributed by atoms with Crippen LogP contribution >= 0.6 is 11.6 Å². The van der Waals surface area contributed by atoms with E-state index < -0.39 is 17.6 Å². The standard InChI is InChI=1S/C24H18ClFN8O/c25-19-8-17(4-5-20(19)26)33-24-32-13-18(14-7-15(22(28)35)11-29-10-14)23(34-24)31-12-16(9-27)21-3-1-2-6-30-21/h1-13,16,27H,(H2,28,35)(H,32,33,34). The number of benzene rings is 1. The minimum Gasteiger partial charge on any atom is -0.366 e. The molecule has 1 aromatic carbocycles. The topological polar surface area (TPSA) is 143 Å². The number of rotatable bonds is 8. The van der Waals surface area contributed by atoms with Crippen LogP contribution in [0.3, 0.4) is 0 Å². The van der Waals surface area contributed by atoms with E-state index in [1.54, 1.807) is 24.4 Å². The van der Waals surface area contributed by atoms with Gasteiger partial charge < -0.3 is 16.5 Å². The lowest BCUT2D eigenvalue weighted by molar-refractivity contribution is 0.1000. The maximum absolute atomic E-state index is 13.5. The van der Waals surface area contributed by atoms with E-state index in [0.29, 0.717) is 22.5 Å². The highest BCUT2D eigenvalue weighted by molar-refractivity contribution is 6.31. The molecule has 9 nitrogen and oxygen atoms in total. The Morgan fingerprint density at radius 3 is 2.74 bits per heavy atom. The average molecular weight is 489 g/mol. The first kappa shape index (κ1) is 23.6. The Morgan fingerprint density at radius 2 is 2.03 bits per heavy atom. The zero-order valence-electron chi connectivity index (χ0n) is 18.1. The van der Waals surface area contributed by atoms with Gasteiger partial charge in [0.2, 0.25) is 11.9 Å². The van der Waals surface area contributed by atoms with Gasteiger partial charge in [0.05, 0.1) is 22.2 Å². The van der Waals surface area contributed by atoms with E-state index in [1.165, 1.54) is 49.2 Å². The highest BCUT2D eigenvalue weighted by Gasteiger charge is 2.14. The first-order valence-electron chi connectivity index (χ1n) is 10.2. The molecule has 4 aromatic rings. The summed E-state index contributed by atoms with van der Waals surface area (Å²) < 4.78 is 13.5. The van der Waals surface area contributed by atoms with Crippen molar-refractivity contribution in [2.45, 2.75) is 5.92 Å². The molecule has 11 heteroatoms. The van der Waals surface area contributed by atoms with Crippen LogP contribution in [0.4, 0.5) is 21.8 Å². The predicted molar refractivity (Wildman–Crippen MR) is 132 cm³/mol. The van der Waals surface area contributed by atoms with Gasteiger partial charge >= 0.3 is 0 Å². The van der Waals surface area contributed by atoms with Crippen LogP contribution in [0.15, 0.2) is 72.2 Å². The third-order valence-corrected chi connectivity index (χ3v) is 5.13. The Bertz CT molecular complexity index is 1410. The van der Waals surface area contributed by atoms with Crippen LogP contribution in [0, 0.1) is 11.2 Å². The average Bonchev–Trinajstić information content (AvgIpc) is 2.87. The Balaban J connectivity index is 1.75. The molecule has 0 aliphatic heterocycles. The highest BCUT2D eigenvalue weighted by Crippen LogP contribution is 2.30. The number of halogens is 2. The molecule has 4 N–H and O–H groups in total. The number of hydrogen-bond acceptors (Lipinski definition) is 8. The number of primary amides is 1. The summed E-state index contributed by atoms with van der Waals surface area (Å²) in [6, 6.07) is 11.1. The lowest BCUT2D eigenvalue weighted by Crippen LogP contribution is -2.11. The molecule has 0 radical (unpaired) electrons. The summed E-state index contributed by atoms with van der Waals surface area (Å²) in [4.78, 5) is 33.3. The van der Waals surface area contributed by atoms with Crippen molar-refractivity contribution < 1.29 is 9.18 Å². The van der Waals surface area contributed by atoms with Crippen molar-refractivity contribution >= 4 is 47.4 Å². The number of nitrogens with one attached hydrogen (secondary N) is 2. The van der Waals surface area contributed by atoms with Gasteiger partial charge in [-0.1, -0.05) is 17.7 Å². The number of nitrogens with two attached hydrogens (primary N) is 1. The molecule has 0 fully saturated rings. The van der Waals surface area contributed by atoms with Crippen LogP contribution < -0.4 is 11.1 Å². The second-order valence-electron chi connectivity index (χ2n) is 7.24. The third-order valence-electron chi connectivity index (χ3n) is 4.84. The fraction of sp³-hybridized carbons (Fsp3) is 0.0417. The van der Waals surface area contributed by atoms with E-state index in [4.69, 9.17) is 22.7 Å². The number of pyridine rings is 2. The number of carbonyl (C=O) groups excluding carboxylic acids is 1. The molecule has 4 rings (SSSR count). The summed E-state index contributed by atoms with van der Waals surface area (Å²) in [5, 5.41) is 10.7. The Labute approximate surface area is 204 Å². The van der Waals surface area contributed by atoms with E-state index >= 15 is 0 Å². The van der Waals surface area contributed by atoms with Gasteiger partial charge in [-0.15, -0.1) is 0 Å². The molecule has 0 saturated carbocycles. The number of nitrogens with zero attached hydrogens (tertiary/aromatic N) is 5. The molecule has 0 aliphatic rings. The Morgan fingerprint density at radius 1 is 1.17 bits per heavy atom. The molecule has 0 spiro atoms. The summed E-state index contributed by atoms with van der Waals surface area (Å²) in [5.41, 5.74) is 7.72. The number of carbonyl (C=O) groups is 1. The minimum atomic E-state index is -0.629.